The molecule has 4 heteroatoms. The molecular weight excluding hydrogens is 176 g/mol. The molecule has 1 aliphatic rings. The molecule has 0 atom stereocenters. The van der Waals surface area contributed by atoms with Gasteiger partial charge < -0.3 is 14.2 Å². The molecular formula is C8H8O3S. The number of hydrogen-bond acceptors (Lipinski definition) is 4. The molecule has 12 heavy (non-hydrogen) atoms. The molecule has 64 valence electrons. The highest BCUT2D eigenvalue weighted by Gasteiger charge is 2.15. The summed E-state index contributed by atoms with van der Waals surface area (Å²) in [4.78, 5) is 0.752. The normalized spacial score (nSPS) is 13.2. The van der Waals surface area contributed by atoms with Crippen LogP contribution in [0.3, 0.4) is 0 Å². The lowest BCUT2D eigenvalue weighted by atomic mass is 10.3. The molecule has 3 nitrogen and oxygen atoms in total. The number of thiol groups is 1. The summed E-state index contributed by atoms with van der Waals surface area (Å²) < 4.78 is 15.4. The SMILES string of the molecule is COc1cc2c(cc1S)OCO2. The van der Waals surface area contributed by atoms with Gasteiger partial charge in [0.2, 0.25) is 6.79 Å². The predicted octanol–water partition coefficient (Wildman–Crippen LogP) is 1.71. The van der Waals surface area contributed by atoms with E-state index in [9.17, 15) is 0 Å². The van der Waals surface area contributed by atoms with Gasteiger partial charge >= 0.3 is 0 Å². The van der Waals surface area contributed by atoms with Gasteiger partial charge in [0.05, 0.1) is 12.0 Å². The summed E-state index contributed by atoms with van der Waals surface area (Å²) in [5.41, 5.74) is 0. The lowest BCUT2D eigenvalue weighted by molar-refractivity contribution is 0.174. The van der Waals surface area contributed by atoms with Crippen molar-refractivity contribution in [3.8, 4) is 17.2 Å². The summed E-state index contributed by atoms with van der Waals surface area (Å²) in [6.07, 6.45) is 0. The highest BCUT2D eigenvalue weighted by atomic mass is 32.1. The zero-order valence-electron chi connectivity index (χ0n) is 6.53. The Kier molecular flexibility index (Phi) is 1.77. The number of rotatable bonds is 1. The van der Waals surface area contributed by atoms with Crippen LogP contribution in [0.1, 0.15) is 0 Å². The molecule has 0 aromatic heterocycles. The smallest absolute Gasteiger partial charge is 0.231 e. The first-order valence-corrected chi connectivity index (χ1v) is 3.92. The minimum atomic E-state index is 0.274. The van der Waals surface area contributed by atoms with E-state index in [0.29, 0.717) is 11.5 Å². The molecule has 1 aromatic rings. The summed E-state index contributed by atoms with van der Waals surface area (Å²) in [6, 6.07) is 3.55. The molecule has 1 heterocycles. The highest BCUT2D eigenvalue weighted by molar-refractivity contribution is 7.80. The Morgan fingerprint density at radius 3 is 2.67 bits per heavy atom. The van der Waals surface area contributed by atoms with Crippen molar-refractivity contribution in [2.75, 3.05) is 13.9 Å². The van der Waals surface area contributed by atoms with Gasteiger partial charge in [0.1, 0.15) is 5.75 Å². The Morgan fingerprint density at radius 1 is 1.33 bits per heavy atom. The number of benzene rings is 1. The second-order valence-electron chi connectivity index (χ2n) is 2.38. The van der Waals surface area contributed by atoms with Crippen LogP contribution in [0.25, 0.3) is 0 Å². The van der Waals surface area contributed by atoms with Crippen LogP contribution in [-0.4, -0.2) is 13.9 Å². The fourth-order valence-electron chi connectivity index (χ4n) is 1.08. The fraction of sp³-hybridized carbons (Fsp3) is 0.250. The highest BCUT2D eigenvalue weighted by Crippen LogP contribution is 2.39. The molecule has 1 aromatic carbocycles. The van der Waals surface area contributed by atoms with Crippen LogP contribution >= 0.6 is 12.6 Å². The van der Waals surface area contributed by atoms with Gasteiger partial charge in [0.15, 0.2) is 11.5 Å². The minimum absolute atomic E-state index is 0.274. The maximum Gasteiger partial charge on any atom is 0.231 e. The zero-order chi connectivity index (χ0) is 8.55. The van der Waals surface area contributed by atoms with Gasteiger partial charge in [0.25, 0.3) is 0 Å². The van der Waals surface area contributed by atoms with Gasteiger partial charge in [0, 0.05) is 12.1 Å². The molecule has 0 spiro atoms. The molecule has 0 aliphatic carbocycles. The van der Waals surface area contributed by atoms with Crippen LogP contribution in [0.5, 0.6) is 17.2 Å². The first kappa shape index (κ1) is 7.61. The monoisotopic (exact) mass is 184 g/mol. The standard InChI is InChI=1S/C8H8O3S/c1-9-7-2-5-6(3-8(7)12)11-4-10-5/h2-3,12H,4H2,1H3. The molecule has 0 fully saturated rings. The first-order valence-electron chi connectivity index (χ1n) is 3.48. The molecule has 2 rings (SSSR count). The van der Waals surface area contributed by atoms with Crippen LogP contribution in [-0.2, 0) is 0 Å². The summed E-state index contributed by atoms with van der Waals surface area (Å²) in [5.74, 6) is 2.13. The van der Waals surface area contributed by atoms with Gasteiger partial charge in [-0.05, 0) is 0 Å². The van der Waals surface area contributed by atoms with Crippen molar-refractivity contribution >= 4 is 12.6 Å². The first-order chi connectivity index (χ1) is 5.81. The van der Waals surface area contributed by atoms with Gasteiger partial charge in [-0.15, -0.1) is 12.6 Å². The van der Waals surface area contributed by atoms with E-state index in [4.69, 9.17) is 14.2 Å². The topological polar surface area (TPSA) is 27.7 Å². The zero-order valence-corrected chi connectivity index (χ0v) is 7.43. The van der Waals surface area contributed by atoms with Crippen molar-refractivity contribution in [2.45, 2.75) is 4.90 Å². The molecule has 0 amide bonds. The van der Waals surface area contributed by atoms with Crippen molar-refractivity contribution in [1.82, 2.24) is 0 Å². The average molecular weight is 184 g/mol. The Bertz CT molecular complexity index is 311. The van der Waals surface area contributed by atoms with Gasteiger partial charge in [-0.2, -0.15) is 0 Å². The third kappa shape index (κ3) is 1.08. The van der Waals surface area contributed by atoms with Gasteiger partial charge in [-0.25, -0.2) is 0 Å². The summed E-state index contributed by atoms with van der Waals surface area (Å²) in [7, 11) is 1.59. The number of hydrogen-bond donors (Lipinski definition) is 1. The van der Waals surface area contributed by atoms with E-state index in [1.54, 1.807) is 19.2 Å². The maximum absolute atomic E-state index is 5.16. The van der Waals surface area contributed by atoms with Crippen LogP contribution in [0.15, 0.2) is 17.0 Å². The quantitative estimate of drug-likeness (QED) is 0.673. The van der Waals surface area contributed by atoms with Crippen LogP contribution in [0.4, 0.5) is 0 Å². The number of ether oxygens (including phenoxy) is 3. The third-order valence-corrected chi connectivity index (χ3v) is 2.02. The fourth-order valence-corrected chi connectivity index (χ4v) is 1.35. The third-order valence-electron chi connectivity index (χ3n) is 1.67. The van der Waals surface area contributed by atoms with E-state index in [-0.39, 0.29) is 6.79 Å². The molecule has 0 radical (unpaired) electrons. The second-order valence-corrected chi connectivity index (χ2v) is 2.86. The van der Waals surface area contributed by atoms with E-state index in [1.165, 1.54) is 0 Å². The molecule has 1 aliphatic heterocycles. The molecule has 0 N–H and O–H groups in total. The summed E-state index contributed by atoms with van der Waals surface area (Å²) in [6.45, 7) is 0.274. The largest absolute Gasteiger partial charge is 0.495 e. The predicted molar refractivity (Wildman–Crippen MR) is 46.4 cm³/mol. The van der Waals surface area contributed by atoms with Crippen molar-refractivity contribution in [2.24, 2.45) is 0 Å². The van der Waals surface area contributed by atoms with Crippen LogP contribution < -0.4 is 14.2 Å². The number of methoxy groups -OCH3 is 1. The maximum atomic E-state index is 5.16. The van der Waals surface area contributed by atoms with E-state index in [1.807, 2.05) is 0 Å². The summed E-state index contributed by atoms with van der Waals surface area (Å²) >= 11 is 4.22. The molecule has 0 saturated carbocycles. The average Bonchev–Trinajstić information content (AvgIpc) is 2.49. The molecule has 0 unspecified atom stereocenters. The molecule has 0 saturated heterocycles. The van der Waals surface area contributed by atoms with E-state index < -0.39 is 0 Å². The Morgan fingerprint density at radius 2 is 2.00 bits per heavy atom. The second kappa shape index (κ2) is 2.79. The van der Waals surface area contributed by atoms with Gasteiger partial charge in [-0.1, -0.05) is 0 Å². The minimum Gasteiger partial charge on any atom is -0.495 e. The van der Waals surface area contributed by atoms with Crippen molar-refractivity contribution < 1.29 is 14.2 Å². The van der Waals surface area contributed by atoms with E-state index >= 15 is 0 Å². The van der Waals surface area contributed by atoms with Crippen molar-refractivity contribution in [1.29, 1.82) is 0 Å². The Hall–Kier alpha value is -1.03. The number of fused-ring (bicyclic) bond motifs is 1. The van der Waals surface area contributed by atoms with Crippen molar-refractivity contribution in [3.63, 3.8) is 0 Å². The Balaban J connectivity index is 2.49. The summed E-state index contributed by atoms with van der Waals surface area (Å²) in [5, 5.41) is 0. The lowest BCUT2D eigenvalue weighted by Crippen LogP contribution is -1.92. The lowest BCUT2D eigenvalue weighted by Gasteiger charge is -2.04. The van der Waals surface area contributed by atoms with E-state index in [2.05, 4.69) is 12.6 Å². The molecule has 0 bridgehead atoms. The van der Waals surface area contributed by atoms with Crippen LogP contribution in [0.2, 0.25) is 0 Å². The van der Waals surface area contributed by atoms with Gasteiger partial charge in [-0.3, -0.25) is 0 Å². The van der Waals surface area contributed by atoms with E-state index in [0.717, 1.165) is 10.6 Å². The van der Waals surface area contributed by atoms with Crippen molar-refractivity contribution in [3.05, 3.63) is 12.1 Å². The van der Waals surface area contributed by atoms with Crippen LogP contribution in [0, 0.1) is 0 Å². The Labute approximate surface area is 75.7 Å².